The number of carbonyl (C=O) groups is 1. The number of hydrogen-bond acceptors (Lipinski definition) is 9. The fourth-order valence-electron chi connectivity index (χ4n) is 3.46. The Bertz CT molecular complexity index is 860. The molecule has 1 atom stereocenters. The Morgan fingerprint density at radius 2 is 1.86 bits per heavy atom. The maximum atomic E-state index is 12.8. The van der Waals surface area contributed by atoms with Gasteiger partial charge in [0.15, 0.2) is 16.7 Å². The second-order valence-electron chi connectivity index (χ2n) is 6.62. The Balaban J connectivity index is 1.45. The van der Waals surface area contributed by atoms with Crippen molar-refractivity contribution >= 4 is 29.6 Å². The summed E-state index contributed by atoms with van der Waals surface area (Å²) in [6, 6.07) is 5.97. The van der Waals surface area contributed by atoms with Crippen LogP contribution in [0, 0.1) is 0 Å². The van der Waals surface area contributed by atoms with Crippen LogP contribution in [0.15, 0.2) is 23.4 Å². The SMILES string of the molecule is Nc1nc(N)nc(SCC(=O)N2CCC[C@H]2c2ccc3c(c2)OCCCO3)n1. The Kier molecular flexibility index (Phi) is 5.38. The first-order valence-corrected chi connectivity index (χ1v) is 10.2. The van der Waals surface area contributed by atoms with Crippen LogP contribution in [0.3, 0.4) is 0 Å². The number of ether oxygens (including phenoxy) is 2. The van der Waals surface area contributed by atoms with E-state index in [-0.39, 0.29) is 29.6 Å². The van der Waals surface area contributed by atoms with Gasteiger partial charge >= 0.3 is 0 Å². The minimum absolute atomic E-state index is 0.0252. The molecule has 28 heavy (non-hydrogen) atoms. The fraction of sp³-hybridized carbons (Fsp3) is 0.444. The third-order valence-corrected chi connectivity index (χ3v) is 5.54. The van der Waals surface area contributed by atoms with Gasteiger partial charge in [0.05, 0.1) is 25.0 Å². The summed E-state index contributed by atoms with van der Waals surface area (Å²) >= 11 is 1.21. The maximum absolute atomic E-state index is 12.8. The van der Waals surface area contributed by atoms with Crippen molar-refractivity contribution in [3.05, 3.63) is 23.8 Å². The quantitative estimate of drug-likeness (QED) is 0.733. The number of thioether (sulfide) groups is 1. The highest BCUT2D eigenvalue weighted by Gasteiger charge is 2.30. The maximum Gasteiger partial charge on any atom is 0.233 e. The Hall–Kier alpha value is -2.75. The number of nitrogen functional groups attached to an aromatic ring is 2. The van der Waals surface area contributed by atoms with E-state index in [4.69, 9.17) is 20.9 Å². The summed E-state index contributed by atoms with van der Waals surface area (Å²) in [4.78, 5) is 26.5. The lowest BCUT2D eigenvalue weighted by molar-refractivity contribution is -0.129. The standard InChI is InChI=1S/C18H22N6O3S/c19-16-21-17(20)23-18(22-16)28-10-15(25)24-6-1-3-12(24)11-4-5-13-14(9-11)27-8-2-7-26-13/h4-5,9,12H,1-3,6-8,10H2,(H4,19,20,21,22,23)/t12-/m0/s1. The van der Waals surface area contributed by atoms with E-state index < -0.39 is 0 Å². The summed E-state index contributed by atoms with van der Waals surface area (Å²) in [6.07, 6.45) is 2.74. The molecular weight excluding hydrogens is 380 g/mol. The average Bonchev–Trinajstić information content (AvgIpc) is 3.04. The molecule has 0 radical (unpaired) electrons. The normalized spacial score (nSPS) is 18.7. The van der Waals surface area contributed by atoms with Crippen LogP contribution in [0.5, 0.6) is 11.5 Å². The molecule has 9 nitrogen and oxygen atoms in total. The predicted octanol–water partition coefficient (Wildman–Crippen LogP) is 1.65. The number of rotatable bonds is 4. The van der Waals surface area contributed by atoms with Gasteiger partial charge in [0.2, 0.25) is 17.8 Å². The Morgan fingerprint density at radius 1 is 1.11 bits per heavy atom. The Morgan fingerprint density at radius 3 is 2.64 bits per heavy atom. The number of nitrogens with two attached hydrogens (primary N) is 2. The molecule has 10 heteroatoms. The molecule has 2 aromatic rings. The molecule has 0 unspecified atom stereocenters. The molecule has 0 aliphatic carbocycles. The van der Waals surface area contributed by atoms with E-state index in [0.717, 1.165) is 42.9 Å². The van der Waals surface area contributed by atoms with Gasteiger partial charge in [0.1, 0.15) is 0 Å². The van der Waals surface area contributed by atoms with Crippen molar-refractivity contribution in [1.82, 2.24) is 19.9 Å². The van der Waals surface area contributed by atoms with Gasteiger partial charge in [-0.3, -0.25) is 4.79 Å². The number of hydrogen-bond donors (Lipinski definition) is 2. The molecule has 0 bridgehead atoms. The lowest BCUT2D eigenvalue weighted by Gasteiger charge is -2.25. The third kappa shape index (κ3) is 4.06. The van der Waals surface area contributed by atoms with Crippen LogP contribution in [0.1, 0.15) is 30.9 Å². The van der Waals surface area contributed by atoms with Crippen molar-refractivity contribution in [2.24, 2.45) is 0 Å². The van der Waals surface area contributed by atoms with Crippen LogP contribution in [-0.2, 0) is 4.79 Å². The largest absolute Gasteiger partial charge is 0.490 e. The molecule has 3 heterocycles. The van der Waals surface area contributed by atoms with Crippen molar-refractivity contribution in [3.63, 3.8) is 0 Å². The smallest absolute Gasteiger partial charge is 0.233 e. The molecule has 1 amide bonds. The van der Waals surface area contributed by atoms with Gasteiger partial charge in [-0.2, -0.15) is 15.0 Å². The number of amides is 1. The highest BCUT2D eigenvalue weighted by molar-refractivity contribution is 7.99. The van der Waals surface area contributed by atoms with E-state index in [1.54, 1.807) is 0 Å². The van der Waals surface area contributed by atoms with E-state index in [1.807, 2.05) is 23.1 Å². The highest BCUT2D eigenvalue weighted by Crippen LogP contribution is 2.38. The van der Waals surface area contributed by atoms with Crippen molar-refractivity contribution < 1.29 is 14.3 Å². The van der Waals surface area contributed by atoms with Crippen LogP contribution in [0.25, 0.3) is 0 Å². The van der Waals surface area contributed by atoms with Crippen LogP contribution >= 0.6 is 11.8 Å². The molecule has 0 spiro atoms. The summed E-state index contributed by atoms with van der Waals surface area (Å²) in [5.74, 6) is 1.85. The monoisotopic (exact) mass is 402 g/mol. The molecule has 2 aliphatic rings. The van der Waals surface area contributed by atoms with Gasteiger partial charge in [-0.15, -0.1) is 0 Å². The van der Waals surface area contributed by atoms with Crippen LogP contribution in [0.4, 0.5) is 11.9 Å². The highest BCUT2D eigenvalue weighted by atomic mass is 32.2. The summed E-state index contributed by atoms with van der Waals surface area (Å²) in [5, 5.41) is 0.352. The first kappa shape index (κ1) is 18.6. The molecule has 1 aromatic carbocycles. The van der Waals surface area contributed by atoms with Crippen molar-refractivity contribution in [2.45, 2.75) is 30.5 Å². The van der Waals surface area contributed by atoms with Gasteiger partial charge in [-0.25, -0.2) is 0 Å². The number of anilines is 2. The zero-order valence-corrected chi connectivity index (χ0v) is 16.2. The van der Waals surface area contributed by atoms with Crippen LogP contribution in [0.2, 0.25) is 0 Å². The minimum atomic E-state index is 0.0252. The molecule has 1 saturated heterocycles. The summed E-state index contributed by atoms with van der Waals surface area (Å²) in [7, 11) is 0. The molecule has 1 fully saturated rings. The minimum Gasteiger partial charge on any atom is -0.490 e. The number of fused-ring (bicyclic) bond motifs is 1. The van der Waals surface area contributed by atoms with Crippen molar-refractivity contribution in [2.75, 3.05) is 37.0 Å². The van der Waals surface area contributed by atoms with Gasteiger partial charge < -0.3 is 25.8 Å². The average molecular weight is 402 g/mol. The van der Waals surface area contributed by atoms with Gasteiger partial charge in [0, 0.05) is 13.0 Å². The Labute approximate surface area is 166 Å². The topological polar surface area (TPSA) is 129 Å². The summed E-state index contributed by atoms with van der Waals surface area (Å²) < 4.78 is 11.5. The second kappa shape index (κ2) is 8.09. The van der Waals surface area contributed by atoms with E-state index in [1.165, 1.54) is 11.8 Å². The predicted molar refractivity (Wildman–Crippen MR) is 105 cm³/mol. The van der Waals surface area contributed by atoms with Crippen LogP contribution < -0.4 is 20.9 Å². The molecular formula is C18H22N6O3S. The zero-order chi connectivity index (χ0) is 19.5. The number of benzene rings is 1. The lowest BCUT2D eigenvalue weighted by atomic mass is 10.0. The summed E-state index contributed by atoms with van der Waals surface area (Å²) in [6.45, 7) is 2.02. The second-order valence-corrected chi connectivity index (χ2v) is 7.57. The number of aromatic nitrogens is 3. The lowest BCUT2D eigenvalue weighted by Crippen LogP contribution is -2.32. The van der Waals surface area contributed by atoms with Crippen molar-refractivity contribution in [1.29, 1.82) is 0 Å². The molecule has 2 aliphatic heterocycles. The van der Waals surface area contributed by atoms with Gasteiger partial charge in [-0.1, -0.05) is 17.8 Å². The number of carbonyl (C=O) groups excluding carboxylic acids is 1. The van der Waals surface area contributed by atoms with E-state index >= 15 is 0 Å². The first-order valence-electron chi connectivity index (χ1n) is 9.19. The third-order valence-electron chi connectivity index (χ3n) is 4.70. The van der Waals surface area contributed by atoms with Crippen LogP contribution in [-0.4, -0.2) is 51.3 Å². The van der Waals surface area contributed by atoms with E-state index in [0.29, 0.717) is 18.4 Å². The molecule has 0 saturated carbocycles. The molecule has 1 aromatic heterocycles. The molecule has 4 rings (SSSR count). The number of likely N-dealkylation sites (tertiary alicyclic amines) is 1. The van der Waals surface area contributed by atoms with Crippen molar-refractivity contribution in [3.8, 4) is 11.5 Å². The number of nitrogens with zero attached hydrogens (tertiary/aromatic N) is 4. The zero-order valence-electron chi connectivity index (χ0n) is 15.3. The van der Waals surface area contributed by atoms with E-state index in [2.05, 4.69) is 15.0 Å². The first-order chi connectivity index (χ1) is 13.6. The molecule has 4 N–H and O–H groups in total. The fourth-order valence-corrected chi connectivity index (χ4v) is 4.20. The van der Waals surface area contributed by atoms with Gasteiger partial charge in [-0.05, 0) is 30.5 Å². The molecule has 148 valence electrons. The van der Waals surface area contributed by atoms with Gasteiger partial charge in [0.25, 0.3) is 0 Å². The van der Waals surface area contributed by atoms with E-state index in [9.17, 15) is 4.79 Å². The summed E-state index contributed by atoms with van der Waals surface area (Å²) in [5.41, 5.74) is 12.2.